The number of carbonyl (C=O) groups is 2. The molecule has 0 radical (unpaired) electrons. The average Bonchev–Trinajstić information content (AvgIpc) is 2.46. The summed E-state index contributed by atoms with van der Waals surface area (Å²) in [5.74, 6) is -0.869. The van der Waals surface area contributed by atoms with Gasteiger partial charge in [-0.25, -0.2) is 0 Å². The Hall–Kier alpha value is -3.00. The molecule has 5 heteroatoms. The van der Waals surface area contributed by atoms with Crippen LogP contribution in [-0.2, 0) is 11.2 Å². The topological polar surface area (TPSA) is 78.4 Å². The number of benzene rings is 1. The van der Waals surface area contributed by atoms with Gasteiger partial charge in [-0.15, -0.1) is 0 Å². The monoisotopic (exact) mass is 268 g/mol. The number of aromatic hydroxyl groups is 1. The molecule has 3 N–H and O–H groups in total. The van der Waals surface area contributed by atoms with Gasteiger partial charge in [-0.2, -0.15) is 0 Å². The Morgan fingerprint density at radius 1 is 1.15 bits per heavy atom. The van der Waals surface area contributed by atoms with Gasteiger partial charge in [0.15, 0.2) is 5.75 Å². The third kappa shape index (κ3) is 3.75. The lowest BCUT2D eigenvalue weighted by atomic mass is 10.2. The highest BCUT2D eigenvalue weighted by atomic mass is 16.3. The molecule has 0 aliphatic heterocycles. The van der Waals surface area contributed by atoms with E-state index < -0.39 is 11.8 Å². The number of nitrogens with one attached hydrogen (secondary N) is 2. The van der Waals surface area contributed by atoms with Gasteiger partial charge in [0.25, 0.3) is 5.91 Å². The second-order valence-corrected chi connectivity index (χ2v) is 4.06. The zero-order valence-electron chi connectivity index (χ0n) is 10.5. The van der Waals surface area contributed by atoms with Crippen molar-refractivity contribution >= 4 is 11.8 Å². The molecule has 2 aromatic rings. The first-order valence-corrected chi connectivity index (χ1v) is 5.90. The molecule has 5 nitrogen and oxygen atoms in total. The Morgan fingerprint density at radius 2 is 1.90 bits per heavy atom. The highest BCUT2D eigenvalue weighted by Gasteiger charge is 2.07. The van der Waals surface area contributed by atoms with Crippen molar-refractivity contribution in [2.75, 3.05) is 0 Å². The fraction of sp³-hybridized carbons (Fsp3) is 0.0667. The van der Waals surface area contributed by atoms with Crippen molar-refractivity contribution in [3.8, 4) is 5.75 Å². The van der Waals surface area contributed by atoms with E-state index in [2.05, 4.69) is 23.0 Å². The Balaban J connectivity index is 1.85. The van der Waals surface area contributed by atoms with Crippen molar-refractivity contribution in [2.45, 2.75) is 6.42 Å². The molecule has 20 heavy (non-hydrogen) atoms. The van der Waals surface area contributed by atoms with Gasteiger partial charge in [0.2, 0.25) is 5.91 Å². The van der Waals surface area contributed by atoms with Crippen LogP contribution in [0.3, 0.4) is 0 Å². The molecule has 100 valence electrons. The van der Waals surface area contributed by atoms with Crippen LogP contribution in [0.1, 0.15) is 15.9 Å². The van der Waals surface area contributed by atoms with E-state index in [0.717, 1.165) is 0 Å². The third-order valence-electron chi connectivity index (χ3n) is 2.50. The van der Waals surface area contributed by atoms with Crippen molar-refractivity contribution in [1.82, 2.24) is 10.9 Å². The minimum absolute atomic E-state index is 0.0216. The molecule has 2 rings (SSSR count). The molecule has 0 fully saturated rings. The van der Waals surface area contributed by atoms with Gasteiger partial charge in [0.1, 0.15) is 0 Å². The third-order valence-corrected chi connectivity index (χ3v) is 2.50. The van der Waals surface area contributed by atoms with Gasteiger partial charge in [-0.1, -0.05) is 24.3 Å². The van der Waals surface area contributed by atoms with E-state index in [0.29, 0.717) is 11.1 Å². The molecule has 0 unspecified atom stereocenters. The van der Waals surface area contributed by atoms with Crippen molar-refractivity contribution in [3.63, 3.8) is 0 Å². The summed E-state index contributed by atoms with van der Waals surface area (Å²) >= 11 is 0. The van der Waals surface area contributed by atoms with Crippen molar-refractivity contribution in [1.29, 1.82) is 0 Å². The van der Waals surface area contributed by atoms with E-state index in [9.17, 15) is 14.7 Å². The van der Waals surface area contributed by atoms with E-state index >= 15 is 0 Å². The molecule has 0 aliphatic rings. The van der Waals surface area contributed by atoms with Crippen LogP contribution in [0, 0.1) is 12.1 Å². The summed E-state index contributed by atoms with van der Waals surface area (Å²) in [5.41, 5.74) is 5.65. The highest BCUT2D eigenvalue weighted by Crippen LogP contribution is 2.06. The van der Waals surface area contributed by atoms with Gasteiger partial charge in [-0.3, -0.25) is 20.4 Å². The fourth-order valence-electron chi connectivity index (χ4n) is 1.58. The number of hydrogen-bond acceptors (Lipinski definition) is 3. The second-order valence-electron chi connectivity index (χ2n) is 4.06. The van der Waals surface area contributed by atoms with E-state index in [1.165, 1.54) is 12.1 Å². The lowest BCUT2D eigenvalue weighted by molar-refractivity contribution is -0.121. The summed E-state index contributed by atoms with van der Waals surface area (Å²) < 4.78 is 0. The maximum atomic E-state index is 11.7. The van der Waals surface area contributed by atoms with E-state index in [4.69, 9.17) is 0 Å². The number of hydrogen-bond donors (Lipinski definition) is 3. The number of carbonyl (C=O) groups excluding carboxylic acids is 2. The molecule has 0 aliphatic carbocycles. The molecule has 0 saturated carbocycles. The summed E-state index contributed by atoms with van der Waals surface area (Å²) in [5, 5.41) is 9.20. The van der Waals surface area contributed by atoms with E-state index in [1.807, 2.05) is 0 Å². The van der Waals surface area contributed by atoms with Crippen LogP contribution in [0.2, 0.25) is 0 Å². The lowest BCUT2D eigenvalue weighted by Crippen LogP contribution is -2.42. The molecule has 0 aromatic heterocycles. The van der Waals surface area contributed by atoms with Gasteiger partial charge >= 0.3 is 0 Å². The van der Waals surface area contributed by atoms with Gasteiger partial charge in [0.05, 0.1) is 6.42 Å². The van der Waals surface area contributed by atoms with Gasteiger partial charge < -0.3 is 5.11 Å². The standard InChI is InChI=1S/C15H12N2O3/c18-13-8-4-5-11(9-13)10-14(19)16-17-15(20)12-6-2-1-3-7-12/h1-3,5-7,9,18H,10H2,(H,16,19)(H,17,20). The zero-order valence-corrected chi connectivity index (χ0v) is 10.5. The van der Waals surface area contributed by atoms with Crippen molar-refractivity contribution in [3.05, 3.63) is 65.7 Å². The predicted octanol–water partition coefficient (Wildman–Crippen LogP) is 0.996. The summed E-state index contributed by atoms with van der Waals surface area (Å²) in [6.07, 6.45) is 0.0216. The summed E-state index contributed by atoms with van der Waals surface area (Å²) in [6.45, 7) is 0. The van der Waals surface area contributed by atoms with Crippen LogP contribution in [-0.4, -0.2) is 16.9 Å². The minimum atomic E-state index is -0.395. The maximum Gasteiger partial charge on any atom is 0.269 e. The van der Waals surface area contributed by atoms with Crippen LogP contribution in [0.25, 0.3) is 0 Å². The Kier molecular flexibility index (Phi) is 4.20. The lowest BCUT2D eigenvalue weighted by Gasteiger charge is -2.07. The minimum Gasteiger partial charge on any atom is -0.501 e. The van der Waals surface area contributed by atoms with Gasteiger partial charge in [0, 0.05) is 5.56 Å². The molecule has 0 spiro atoms. The van der Waals surface area contributed by atoms with Crippen LogP contribution in [0.15, 0.2) is 42.5 Å². The quantitative estimate of drug-likeness (QED) is 0.727. The second kappa shape index (κ2) is 6.25. The fourth-order valence-corrected chi connectivity index (χ4v) is 1.58. The van der Waals surface area contributed by atoms with Crippen LogP contribution >= 0.6 is 0 Å². The molecular weight excluding hydrogens is 256 g/mol. The summed E-state index contributed by atoms with van der Waals surface area (Å²) in [6, 6.07) is 16.5. The number of rotatable bonds is 3. The molecule has 0 atom stereocenters. The molecule has 2 aromatic carbocycles. The summed E-state index contributed by atoms with van der Waals surface area (Å²) in [7, 11) is 0. The Labute approximate surface area is 116 Å². The van der Waals surface area contributed by atoms with E-state index in [1.54, 1.807) is 30.3 Å². The smallest absolute Gasteiger partial charge is 0.269 e. The van der Waals surface area contributed by atoms with Crippen molar-refractivity contribution < 1.29 is 14.7 Å². The first-order valence-electron chi connectivity index (χ1n) is 5.90. The van der Waals surface area contributed by atoms with Crippen molar-refractivity contribution in [2.24, 2.45) is 0 Å². The summed E-state index contributed by atoms with van der Waals surface area (Å²) in [4.78, 5) is 23.3. The first kappa shape index (κ1) is 13.4. The van der Waals surface area contributed by atoms with Crippen LogP contribution in [0.5, 0.6) is 5.75 Å². The Bertz CT molecular complexity index is 612. The van der Waals surface area contributed by atoms with Crippen LogP contribution < -0.4 is 10.9 Å². The molecule has 2 amide bonds. The molecular formula is C15H12N2O3. The first-order chi connectivity index (χ1) is 9.65. The molecule has 0 heterocycles. The van der Waals surface area contributed by atoms with Gasteiger partial charge in [-0.05, 0) is 35.9 Å². The highest BCUT2D eigenvalue weighted by molar-refractivity contribution is 5.95. The zero-order chi connectivity index (χ0) is 14.4. The molecule has 0 saturated heterocycles. The van der Waals surface area contributed by atoms with Crippen LogP contribution in [0.4, 0.5) is 0 Å². The number of hydrazine groups is 1. The maximum absolute atomic E-state index is 11.7. The molecule has 0 bridgehead atoms. The van der Waals surface area contributed by atoms with E-state index in [-0.39, 0.29) is 12.2 Å². The SMILES string of the molecule is O=C(Cc1cc#cc(O)c1)NNC(=O)c1ccccc1. The largest absolute Gasteiger partial charge is 0.501 e. The number of amides is 2. The Morgan fingerprint density at radius 3 is 2.60 bits per heavy atom. The normalized spacial score (nSPS) is 9.40. The predicted molar refractivity (Wildman–Crippen MR) is 71.5 cm³/mol. The average molecular weight is 268 g/mol.